The zero-order valence-electron chi connectivity index (χ0n) is 11.4. The maximum Gasteiger partial charge on any atom is 0.240 e. The third kappa shape index (κ3) is 3.23. The summed E-state index contributed by atoms with van der Waals surface area (Å²) in [6, 6.07) is 3.28. The molecule has 0 aliphatic carbocycles. The number of rotatable bonds is 6. The number of hydrogen-bond donors (Lipinski definition) is 1. The Balaban J connectivity index is 3.06. The summed E-state index contributed by atoms with van der Waals surface area (Å²) >= 11 is 0. The van der Waals surface area contributed by atoms with E-state index in [2.05, 4.69) is 4.72 Å². The molecule has 0 unspecified atom stereocenters. The first-order chi connectivity index (χ1) is 8.44. The first kappa shape index (κ1) is 15.0. The van der Waals surface area contributed by atoms with Crippen LogP contribution < -0.4 is 9.46 Å². The van der Waals surface area contributed by atoms with Crippen molar-refractivity contribution in [3.63, 3.8) is 0 Å². The first-order valence-corrected chi connectivity index (χ1v) is 7.56. The van der Waals surface area contributed by atoms with E-state index >= 15 is 0 Å². The zero-order valence-corrected chi connectivity index (χ0v) is 12.2. The second-order valence-electron chi connectivity index (χ2n) is 4.27. The van der Waals surface area contributed by atoms with Crippen LogP contribution in [-0.4, -0.2) is 22.1 Å². The quantitative estimate of drug-likeness (QED) is 0.808. The molecule has 0 radical (unpaired) electrons. The summed E-state index contributed by atoms with van der Waals surface area (Å²) in [6.45, 7) is 6.16. The van der Waals surface area contributed by atoms with Crippen molar-refractivity contribution in [2.24, 2.45) is 0 Å². The molecule has 1 aromatic carbocycles. The molecular weight excluding hydrogens is 250 g/mol. The lowest BCUT2D eigenvalue weighted by molar-refractivity contribution is 0.410. The Morgan fingerprint density at radius 3 is 2.44 bits per heavy atom. The van der Waals surface area contributed by atoms with Gasteiger partial charge in [-0.15, -0.1) is 0 Å². The van der Waals surface area contributed by atoms with Gasteiger partial charge in [0.05, 0.1) is 12.0 Å². The van der Waals surface area contributed by atoms with E-state index in [0.717, 1.165) is 24.0 Å². The van der Waals surface area contributed by atoms with E-state index in [4.69, 9.17) is 4.74 Å². The highest BCUT2D eigenvalue weighted by atomic mass is 32.2. The fraction of sp³-hybridized carbons (Fsp3) is 0.538. The molecule has 0 heterocycles. The van der Waals surface area contributed by atoms with Gasteiger partial charge in [0, 0.05) is 6.54 Å². The van der Waals surface area contributed by atoms with E-state index < -0.39 is 10.0 Å². The van der Waals surface area contributed by atoms with Gasteiger partial charge in [-0.2, -0.15) is 0 Å². The van der Waals surface area contributed by atoms with Crippen LogP contribution in [0.1, 0.15) is 30.9 Å². The van der Waals surface area contributed by atoms with Crippen LogP contribution in [0.25, 0.3) is 0 Å². The van der Waals surface area contributed by atoms with Crippen molar-refractivity contribution in [1.82, 2.24) is 4.72 Å². The molecule has 1 N–H and O–H groups in total. The van der Waals surface area contributed by atoms with Gasteiger partial charge in [-0.1, -0.05) is 13.3 Å². The second kappa shape index (κ2) is 6.20. The van der Waals surface area contributed by atoms with E-state index in [1.807, 2.05) is 13.8 Å². The molecular formula is C13H21NO3S. The molecule has 0 amide bonds. The van der Waals surface area contributed by atoms with Crippen LogP contribution in [0.4, 0.5) is 0 Å². The highest BCUT2D eigenvalue weighted by Crippen LogP contribution is 2.26. The van der Waals surface area contributed by atoms with Gasteiger partial charge < -0.3 is 4.74 Å². The van der Waals surface area contributed by atoms with Crippen LogP contribution in [0.3, 0.4) is 0 Å². The van der Waals surface area contributed by atoms with Gasteiger partial charge in [0.1, 0.15) is 5.75 Å². The van der Waals surface area contributed by atoms with Gasteiger partial charge in [-0.05, 0) is 43.5 Å². The van der Waals surface area contributed by atoms with Crippen LogP contribution in [0, 0.1) is 13.8 Å². The Morgan fingerprint density at radius 2 is 1.89 bits per heavy atom. The second-order valence-corrected chi connectivity index (χ2v) is 6.00. The Hall–Kier alpha value is -1.07. The Labute approximate surface area is 109 Å². The third-order valence-electron chi connectivity index (χ3n) is 3.02. The van der Waals surface area contributed by atoms with Crippen LogP contribution in [0.2, 0.25) is 0 Å². The number of benzene rings is 1. The van der Waals surface area contributed by atoms with Gasteiger partial charge in [0.15, 0.2) is 0 Å². The van der Waals surface area contributed by atoms with Crippen LogP contribution >= 0.6 is 0 Å². The van der Waals surface area contributed by atoms with Gasteiger partial charge in [0.25, 0.3) is 0 Å². The molecule has 1 rings (SSSR count). The molecule has 1 aromatic rings. The van der Waals surface area contributed by atoms with E-state index in [9.17, 15) is 8.42 Å². The number of nitrogens with one attached hydrogen (secondary N) is 1. The SMILES string of the molecule is CCCCNS(=O)(=O)c1ccc(OC)c(C)c1C. The molecule has 0 spiro atoms. The number of hydrogen-bond acceptors (Lipinski definition) is 3. The molecule has 0 aromatic heterocycles. The number of sulfonamides is 1. The van der Waals surface area contributed by atoms with Gasteiger partial charge in [0.2, 0.25) is 10.0 Å². The van der Waals surface area contributed by atoms with Crippen LogP contribution in [0.5, 0.6) is 5.75 Å². The lowest BCUT2D eigenvalue weighted by Gasteiger charge is -2.13. The van der Waals surface area contributed by atoms with Crippen LogP contribution in [-0.2, 0) is 10.0 Å². The fourth-order valence-electron chi connectivity index (χ4n) is 1.74. The van der Waals surface area contributed by atoms with Gasteiger partial charge in [-0.3, -0.25) is 0 Å². The number of ether oxygens (including phenoxy) is 1. The minimum Gasteiger partial charge on any atom is -0.496 e. The normalized spacial score (nSPS) is 11.6. The maximum absolute atomic E-state index is 12.1. The average molecular weight is 271 g/mol. The Kier molecular flexibility index (Phi) is 5.16. The molecule has 0 saturated carbocycles. The van der Waals surface area contributed by atoms with Gasteiger partial charge in [-0.25, -0.2) is 13.1 Å². The highest BCUT2D eigenvalue weighted by Gasteiger charge is 2.18. The largest absolute Gasteiger partial charge is 0.496 e. The van der Waals surface area contributed by atoms with Crippen molar-refractivity contribution in [2.45, 2.75) is 38.5 Å². The molecule has 0 fully saturated rings. The van der Waals surface area contributed by atoms with E-state index in [1.54, 1.807) is 26.2 Å². The molecule has 0 bridgehead atoms. The number of unbranched alkanes of at least 4 members (excludes halogenated alkanes) is 1. The molecule has 0 atom stereocenters. The topological polar surface area (TPSA) is 55.4 Å². The summed E-state index contributed by atoms with van der Waals surface area (Å²) < 4.78 is 32.0. The Bertz CT molecular complexity index is 509. The minimum atomic E-state index is -3.42. The van der Waals surface area contributed by atoms with Gasteiger partial charge >= 0.3 is 0 Å². The van der Waals surface area contributed by atoms with Crippen molar-refractivity contribution in [1.29, 1.82) is 0 Å². The summed E-state index contributed by atoms with van der Waals surface area (Å²) in [5.41, 5.74) is 1.59. The van der Waals surface area contributed by atoms with Crippen molar-refractivity contribution in [2.75, 3.05) is 13.7 Å². The number of methoxy groups -OCH3 is 1. The summed E-state index contributed by atoms with van der Waals surface area (Å²) in [7, 11) is -1.84. The summed E-state index contributed by atoms with van der Waals surface area (Å²) in [5.74, 6) is 0.708. The Morgan fingerprint density at radius 1 is 1.22 bits per heavy atom. The van der Waals surface area contributed by atoms with Crippen LogP contribution in [0.15, 0.2) is 17.0 Å². The molecule has 102 valence electrons. The molecule has 18 heavy (non-hydrogen) atoms. The lowest BCUT2D eigenvalue weighted by Crippen LogP contribution is -2.25. The summed E-state index contributed by atoms with van der Waals surface area (Å²) in [5, 5.41) is 0. The highest BCUT2D eigenvalue weighted by molar-refractivity contribution is 7.89. The van der Waals surface area contributed by atoms with E-state index in [0.29, 0.717) is 17.2 Å². The third-order valence-corrected chi connectivity index (χ3v) is 4.63. The summed E-state index contributed by atoms with van der Waals surface area (Å²) in [4.78, 5) is 0.330. The maximum atomic E-state index is 12.1. The minimum absolute atomic E-state index is 0.330. The fourth-order valence-corrected chi connectivity index (χ4v) is 3.12. The van der Waals surface area contributed by atoms with Crippen molar-refractivity contribution >= 4 is 10.0 Å². The first-order valence-electron chi connectivity index (χ1n) is 6.08. The van der Waals surface area contributed by atoms with E-state index in [1.165, 1.54) is 0 Å². The smallest absolute Gasteiger partial charge is 0.240 e. The molecule has 5 heteroatoms. The molecule has 0 aliphatic rings. The van der Waals surface area contributed by atoms with E-state index in [-0.39, 0.29) is 0 Å². The van der Waals surface area contributed by atoms with Crippen molar-refractivity contribution in [3.05, 3.63) is 23.3 Å². The molecule has 0 aliphatic heterocycles. The predicted octanol–water partition coefficient (Wildman–Crippen LogP) is 2.39. The molecule has 0 saturated heterocycles. The monoisotopic (exact) mass is 271 g/mol. The van der Waals surface area contributed by atoms with Crippen molar-refractivity contribution in [3.8, 4) is 5.75 Å². The predicted molar refractivity (Wildman–Crippen MR) is 72.6 cm³/mol. The summed E-state index contributed by atoms with van der Waals surface area (Å²) in [6.07, 6.45) is 1.80. The molecule has 4 nitrogen and oxygen atoms in total. The van der Waals surface area contributed by atoms with Crippen molar-refractivity contribution < 1.29 is 13.2 Å². The average Bonchev–Trinajstić information content (AvgIpc) is 2.32. The lowest BCUT2D eigenvalue weighted by atomic mass is 10.1. The zero-order chi connectivity index (χ0) is 13.8. The standard InChI is InChI=1S/C13H21NO3S/c1-5-6-9-14-18(15,16)13-8-7-12(17-4)10(2)11(13)3/h7-8,14H,5-6,9H2,1-4H3.